The quantitative estimate of drug-likeness (QED) is 0.820. The fourth-order valence-electron chi connectivity index (χ4n) is 3.03. The van der Waals surface area contributed by atoms with Crippen LogP contribution in [0.5, 0.6) is 0 Å². The number of rotatable bonds is 4. The van der Waals surface area contributed by atoms with E-state index in [2.05, 4.69) is 23.3 Å². The van der Waals surface area contributed by atoms with E-state index in [-0.39, 0.29) is 0 Å². The van der Waals surface area contributed by atoms with E-state index < -0.39 is 0 Å². The Hall–Kier alpha value is -0.600. The lowest BCUT2D eigenvalue weighted by molar-refractivity contribution is 0.330. The molecule has 1 aromatic heterocycles. The van der Waals surface area contributed by atoms with Gasteiger partial charge in [0.1, 0.15) is 0 Å². The zero-order valence-corrected chi connectivity index (χ0v) is 11.9. The van der Waals surface area contributed by atoms with Gasteiger partial charge < -0.3 is 5.32 Å². The fourth-order valence-corrected chi connectivity index (χ4v) is 3.27. The average Bonchev–Trinajstić information content (AvgIpc) is 2.66. The van der Waals surface area contributed by atoms with Gasteiger partial charge in [-0.05, 0) is 36.9 Å². The Morgan fingerprint density at radius 2 is 2.06 bits per heavy atom. The molecule has 0 saturated heterocycles. The summed E-state index contributed by atoms with van der Waals surface area (Å²) in [5.41, 5.74) is 1.22. The third-order valence-corrected chi connectivity index (χ3v) is 4.25. The molecule has 1 atom stereocenters. The summed E-state index contributed by atoms with van der Waals surface area (Å²) >= 11 is 6.31. The number of nitrogens with zero attached hydrogens (tertiary/aromatic N) is 1. The minimum atomic E-state index is 0.392. The predicted molar refractivity (Wildman–Crippen MR) is 76.9 cm³/mol. The molecular weight excluding hydrogens is 244 g/mol. The van der Waals surface area contributed by atoms with Gasteiger partial charge in [0.25, 0.3) is 0 Å². The van der Waals surface area contributed by atoms with Gasteiger partial charge in [-0.1, -0.05) is 44.2 Å². The molecule has 0 spiro atoms. The number of aromatic nitrogens is 1. The third kappa shape index (κ3) is 3.46. The molecule has 2 rings (SSSR count). The number of hydrogen-bond acceptors (Lipinski definition) is 2. The molecule has 0 bridgehead atoms. The zero-order valence-electron chi connectivity index (χ0n) is 11.2. The van der Waals surface area contributed by atoms with Crippen molar-refractivity contribution in [3.63, 3.8) is 0 Å². The number of pyridine rings is 1. The first-order chi connectivity index (χ1) is 8.83. The highest BCUT2D eigenvalue weighted by molar-refractivity contribution is 6.31. The van der Waals surface area contributed by atoms with E-state index >= 15 is 0 Å². The lowest BCUT2D eigenvalue weighted by Gasteiger charge is -2.28. The molecule has 3 heteroatoms. The van der Waals surface area contributed by atoms with Crippen LogP contribution in [0.4, 0.5) is 0 Å². The van der Waals surface area contributed by atoms with Gasteiger partial charge in [0.2, 0.25) is 0 Å². The lowest BCUT2D eigenvalue weighted by Crippen LogP contribution is -2.28. The van der Waals surface area contributed by atoms with E-state index in [1.165, 1.54) is 44.1 Å². The second-order valence-corrected chi connectivity index (χ2v) is 5.59. The topological polar surface area (TPSA) is 24.9 Å². The van der Waals surface area contributed by atoms with Crippen molar-refractivity contribution in [2.24, 2.45) is 5.92 Å². The Bertz CT molecular complexity index is 359. The van der Waals surface area contributed by atoms with Crippen molar-refractivity contribution < 1.29 is 0 Å². The normalized spacial score (nSPS) is 19.4. The summed E-state index contributed by atoms with van der Waals surface area (Å²) in [5, 5.41) is 4.42. The van der Waals surface area contributed by atoms with Crippen LogP contribution in [-0.2, 0) is 0 Å². The summed E-state index contributed by atoms with van der Waals surface area (Å²) in [5.74, 6) is 0.715. The van der Waals surface area contributed by atoms with Crippen molar-refractivity contribution in [1.82, 2.24) is 10.3 Å². The minimum Gasteiger partial charge on any atom is -0.310 e. The van der Waals surface area contributed by atoms with Crippen LogP contribution in [0.25, 0.3) is 0 Å². The van der Waals surface area contributed by atoms with Crippen LogP contribution in [0.3, 0.4) is 0 Å². The Morgan fingerprint density at radius 3 is 2.67 bits per heavy atom. The SMILES string of the molecule is CCNC(c1ccncc1Cl)C1CCCCCC1. The number of hydrogen-bond donors (Lipinski definition) is 1. The Labute approximate surface area is 115 Å². The first-order valence-corrected chi connectivity index (χ1v) is 7.53. The molecule has 1 aliphatic rings. The van der Waals surface area contributed by atoms with E-state index in [0.717, 1.165) is 11.6 Å². The molecule has 1 heterocycles. The highest BCUT2D eigenvalue weighted by Gasteiger charge is 2.24. The Kier molecular flexibility index (Phi) is 5.45. The molecule has 1 N–H and O–H groups in total. The molecule has 0 radical (unpaired) electrons. The zero-order chi connectivity index (χ0) is 12.8. The maximum Gasteiger partial charge on any atom is 0.0637 e. The van der Waals surface area contributed by atoms with Crippen LogP contribution in [0.1, 0.15) is 57.1 Å². The largest absolute Gasteiger partial charge is 0.310 e. The van der Waals surface area contributed by atoms with Crippen LogP contribution >= 0.6 is 11.6 Å². The summed E-state index contributed by atoms with van der Waals surface area (Å²) < 4.78 is 0. The van der Waals surface area contributed by atoms with Crippen molar-refractivity contribution in [2.45, 2.75) is 51.5 Å². The third-order valence-electron chi connectivity index (χ3n) is 3.93. The van der Waals surface area contributed by atoms with Gasteiger partial charge in [0, 0.05) is 18.4 Å². The van der Waals surface area contributed by atoms with Gasteiger partial charge in [0.15, 0.2) is 0 Å². The molecule has 0 aromatic carbocycles. The van der Waals surface area contributed by atoms with Gasteiger partial charge in [-0.2, -0.15) is 0 Å². The summed E-state index contributed by atoms with van der Waals surface area (Å²) in [7, 11) is 0. The monoisotopic (exact) mass is 266 g/mol. The first-order valence-electron chi connectivity index (χ1n) is 7.15. The van der Waals surface area contributed by atoms with Crippen LogP contribution < -0.4 is 5.32 Å². The van der Waals surface area contributed by atoms with Crippen molar-refractivity contribution in [2.75, 3.05) is 6.54 Å². The molecule has 1 unspecified atom stereocenters. The molecule has 18 heavy (non-hydrogen) atoms. The van der Waals surface area contributed by atoms with Crippen molar-refractivity contribution in [1.29, 1.82) is 0 Å². The van der Waals surface area contributed by atoms with Gasteiger partial charge in [-0.15, -0.1) is 0 Å². The highest BCUT2D eigenvalue weighted by Crippen LogP contribution is 2.35. The average molecular weight is 267 g/mol. The molecule has 1 fully saturated rings. The molecule has 1 aliphatic carbocycles. The fraction of sp³-hybridized carbons (Fsp3) is 0.667. The van der Waals surface area contributed by atoms with E-state index in [9.17, 15) is 0 Å². The molecule has 0 aliphatic heterocycles. The maximum absolute atomic E-state index is 6.31. The van der Waals surface area contributed by atoms with Crippen LogP contribution in [0.15, 0.2) is 18.5 Å². The summed E-state index contributed by atoms with van der Waals surface area (Å²) in [6.45, 7) is 3.15. The molecule has 1 saturated carbocycles. The Balaban J connectivity index is 2.18. The maximum atomic E-state index is 6.31. The van der Waals surface area contributed by atoms with Crippen molar-refractivity contribution >= 4 is 11.6 Å². The van der Waals surface area contributed by atoms with Crippen LogP contribution in [0, 0.1) is 5.92 Å². The highest BCUT2D eigenvalue weighted by atomic mass is 35.5. The Morgan fingerprint density at radius 1 is 1.33 bits per heavy atom. The van der Waals surface area contributed by atoms with Crippen LogP contribution in [-0.4, -0.2) is 11.5 Å². The number of nitrogens with one attached hydrogen (secondary N) is 1. The number of halogens is 1. The molecule has 1 aromatic rings. The lowest BCUT2D eigenvalue weighted by atomic mass is 9.87. The minimum absolute atomic E-state index is 0.392. The molecule has 100 valence electrons. The summed E-state index contributed by atoms with van der Waals surface area (Å²) in [4.78, 5) is 4.09. The van der Waals surface area contributed by atoms with E-state index in [1.54, 1.807) is 6.20 Å². The second kappa shape index (κ2) is 7.10. The van der Waals surface area contributed by atoms with Crippen molar-refractivity contribution in [3.05, 3.63) is 29.0 Å². The molecule has 0 amide bonds. The van der Waals surface area contributed by atoms with Gasteiger partial charge >= 0.3 is 0 Å². The molecule has 2 nitrogen and oxygen atoms in total. The second-order valence-electron chi connectivity index (χ2n) is 5.18. The standard InChI is InChI=1S/C15H23ClN2/c1-2-18-15(12-7-5-3-4-6-8-12)13-9-10-17-11-14(13)16/h9-12,15,18H,2-8H2,1H3. The molecular formula is C15H23ClN2. The van der Waals surface area contributed by atoms with Crippen LogP contribution in [0.2, 0.25) is 5.02 Å². The summed E-state index contributed by atoms with van der Waals surface area (Å²) in [6.07, 6.45) is 11.7. The van der Waals surface area contributed by atoms with E-state index in [1.807, 2.05) is 6.20 Å². The van der Waals surface area contributed by atoms with Gasteiger partial charge in [-0.3, -0.25) is 4.98 Å². The first kappa shape index (κ1) is 13.8. The van der Waals surface area contributed by atoms with E-state index in [4.69, 9.17) is 11.6 Å². The van der Waals surface area contributed by atoms with Gasteiger partial charge in [-0.25, -0.2) is 0 Å². The predicted octanol–water partition coefficient (Wildman–Crippen LogP) is 4.36. The van der Waals surface area contributed by atoms with E-state index in [0.29, 0.717) is 12.0 Å². The summed E-state index contributed by atoms with van der Waals surface area (Å²) in [6, 6.07) is 2.46. The van der Waals surface area contributed by atoms with Crippen molar-refractivity contribution in [3.8, 4) is 0 Å². The smallest absolute Gasteiger partial charge is 0.0637 e. The van der Waals surface area contributed by atoms with Gasteiger partial charge in [0.05, 0.1) is 5.02 Å².